The van der Waals surface area contributed by atoms with Gasteiger partial charge in [0.2, 0.25) is 0 Å². The van der Waals surface area contributed by atoms with Crippen molar-refractivity contribution in [3.63, 3.8) is 0 Å². The van der Waals surface area contributed by atoms with Crippen molar-refractivity contribution in [1.29, 1.82) is 0 Å². The smallest absolute Gasteiger partial charge is 0.351 e. The molecule has 0 aromatic carbocycles. The van der Waals surface area contributed by atoms with Crippen LogP contribution in [0.25, 0.3) is 0 Å². The van der Waals surface area contributed by atoms with E-state index in [4.69, 9.17) is 197 Å². The van der Waals surface area contributed by atoms with Crippen molar-refractivity contribution in [2.24, 2.45) is 0 Å². The Morgan fingerprint density at radius 3 is 0.887 bits per heavy atom. The molecule has 0 amide bonds. The number of aliphatic hydroxyl groups excluding tert-OH is 1. The Morgan fingerprint density at radius 1 is 0.345 bits per heavy atom. The number of nitrogen functional groups attached to an aromatic ring is 3. The molecule has 15 N–H and O–H groups in total. The standard InChI is InChI=1S/C76H114N15O41P5S5/c1-13-42-43(24-49(122-42)86-28-39(5)63(93)83-74(86)99)128-133(102,138)118-32-45-51(58(115-22-17-110-11)69(126-45)90-29-40(6)64(94)84-75(90)100)130-135(104,140)119-33-46-52(56(113-20-15-108-9)67(124-46)88-26-37(3)61(78)81-72(88)97)131-136(105,141)120-34-47-53(57(114-21-16-109-10)68(125-47)89-27-38(4)62(79)82-73(89)98)132-137(106,142)121-35-48-54(59(116-23-18-111-12)70(127-48)91-30-41(7)65(95)85-76(91)101)129-134(103,139)117-31-44-50(92)55(112-19-14-107-8)66(123-44)87-25-36(2)60(77)80-71(87)96/h25-30,42-59,66-70,92H,13-24,31-35H2,1-12H3,(H,102,138)(H,103,139)(H,104,140)(H,105,141)(H,106,142)(H2,77,80,96)(H2,78,81,97)(H2,79,82,98)(H,83,93,99)(H,84,94,100)(H,85,95,101)/t42-,43?,44-,45-,46-,47-,48-,49-,50?,51?,52?,53?,54?,55+,56+,57+,58+,59+,66-,67-,68-,69-,70-,133?,134?,135?,136?,137?/m1/s1. The minimum atomic E-state index is -5.08. The molecule has 0 radical (unpaired) electrons. The largest absolute Gasteiger partial charge is 0.387 e. The molecule has 6 aromatic heterocycles. The maximum absolute atomic E-state index is 14.2. The lowest BCUT2D eigenvalue weighted by molar-refractivity contribution is -0.0842. The number of methoxy groups -OCH3 is 5. The summed E-state index contributed by atoms with van der Waals surface area (Å²) in [5, 5.41) is 11.8. The first-order valence-electron chi connectivity index (χ1n) is 43.6. The Labute approximate surface area is 832 Å². The second-order valence-electron chi connectivity index (χ2n) is 32.9. The average molecular weight is 2210 g/mol. The van der Waals surface area contributed by atoms with Crippen LogP contribution in [0.4, 0.5) is 17.5 Å². The first-order valence-corrected chi connectivity index (χ1v) is 56.5. The van der Waals surface area contributed by atoms with Gasteiger partial charge in [-0.05, 0) is 107 Å². The third-order valence-corrected chi connectivity index (χ3v) is 30.8. The second kappa shape index (κ2) is 50.1. The Kier molecular flexibility index (Phi) is 40.5. The van der Waals surface area contributed by atoms with Crippen LogP contribution >= 0.6 is 33.6 Å². The van der Waals surface area contributed by atoms with Gasteiger partial charge in [-0.2, -0.15) is 15.0 Å². The van der Waals surface area contributed by atoms with Gasteiger partial charge in [-0.15, -0.1) is 0 Å². The lowest BCUT2D eigenvalue weighted by atomic mass is 10.1. The van der Waals surface area contributed by atoms with E-state index in [0.717, 1.165) is 39.8 Å². The predicted molar refractivity (Wildman–Crippen MR) is 510 cm³/mol. The molecule has 66 heteroatoms. The predicted octanol–water partition coefficient (Wildman–Crippen LogP) is -2.20. The van der Waals surface area contributed by atoms with Crippen LogP contribution in [-0.2, 0) is 180 Å². The molecule has 28 atom stereocenters. The number of nitrogens with two attached hydrogens (primary N) is 3. The van der Waals surface area contributed by atoms with Gasteiger partial charge in [-0.1, -0.05) is 6.92 Å². The summed E-state index contributed by atoms with van der Waals surface area (Å²) < 4.78 is 164. The lowest BCUT2D eigenvalue weighted by Gasteiger charge is -2.31. The minimum absolute atomic E-state index is 0.00553. The monoisotopic (exact) mass is 2210 g/mol. The summed E-state index contributed by atoms with van der Waals surface area (Å²) >= 11 is 28.7. The first kappa shape index (κ1) is 115. The molecule has 794 valence electrons. The average Bonchev–Trinajstić information content (AvgIpc) is 1.62. The van der Waals surface area contributed by atoms with E-state index in [-0.39, 0.29) is 124 Å². The van der Waals surface area contributed by atoms with Crippen LogP contribution in [0.5, 0.6) is 0 Å². The quantitative estimate of drug-likeness (QED) is 0.0142. The van der Waals surface area contributed by atoms with Gasteiger partial charge in [-0.3, -0.25) is 74.8 Å². The van der Waals surface area contributed by atoms with Crippen LogP contribution in [0.2, 0.25) is 0 Å². The van der Waals surface area contributed by atoms with Gasteiger partial charge < -0.3 is 150 Å². The molecular weight excluding hydrogens is 2090 g/mol. The van der Waals surface area contributed by atoms with E-state index in [0.29, 0.717) is 5.56 Å². The lowest BCUT2D eigenvalue weighted by Crippen LogP contribution is -2.42. The number of aromatic nitrogens is 12. The summed E-state index contributed by atoms with van der Waals surface area (Å²) in [5.74, 6) is -0.481. The fourth-order valence-corrected chi connectivity index (χ4v) is 23.1. The zero-order valence-corrected chi connectivity index (χ0v) is 86.8. The molecule has 0 aliphatic carbocycles. The van der Waals surface area contributed by atoms with Gasteiger partial charge in [0, 0.05) is 113 Å². The van der Waals surface area contributed by atoms with Crippen molar-refractivity contribution >= 4 is 110 Å². The molecule has 12 heterocycles. The van der Waals surface area contributed by atoms with Crippen molar-refractivity contribution in [3.8, 4) is 0 Å². The van der Waals surface area contributed by atoms with E-state index < -0.39 is 259 Å². The zero-order chi connectivity index (χ0) is 104. The number of nitrogens with zero attached hydrogens (tertiary/aromatic N) is 9. The molecular formula is C76H114N15O41P5S5. The van der Waals surface area contributed by atoms with E-state index >= 15 is 0 Å². The van der Waals surface area contributed by atoms with Crippen LogP contribution in [0, 0.1) is 41.5 Å². The molecule has 11 unspecified atom stereocenters. The Balaban J connectivity index is 0.844. The minimum Gasteiger partial charge on any atom is -0.387 e. The first-order chi connectivity index (χ1) is 67.1. The third kappa shape index (κ3) is 28.6. The van der Waals surface area contributed by atoms with E-state index in [1.54, 1.807) is 13.8 Å². The van der Waals surface area contributed by atoms with E-state index in [1.807, 2.05) is 0 Å². The molecule has 0 bridgehead atoms. The Morgan fingerprint density at radius 2 is 0.592 bits per heavy atom. The number of nitrogens with one attached hydrogen (secondary N) is 3. The topological polar surface area (TPSA) is 709 Å². The highest BCUT2D eigenvalue weighted by Crippen LogP contribution is 2.58. The zero-order valence-electron chi connectivity index (χ0n) is 78.3. The van der Waals surface area contributed by atoms with Crippen molar-refractivity contribution in [2.45, 2.75) is 202 Å². The molecule has 6 aliphatic rings. The van der Waals surface area contributed by atoms with Gasteiger partial charge in [0.15, 0.2) is 31.1 Å². The summed E-state index contributed by atoms with van der Waals surface area (Å²) in [5.41, 5.74) is 11.2. The summed E-state index contributed by atoms with van der Waals surface area (Å²) in [6.45, 7) is -20.3. The van der Waals surface area contributed by atoms with Gasteiger partial charge >= 0.3 is 67.7 Å². The maximum Gasteiger partial charge on any atom is 0.351 e. The van der Waals surface area contributed by atoms with Gasteiger partial charge in [0.1, 0.15) is 115 Å². The number of aromatic amines is 3. The number of aliphatic hydroxyl groups is 1. The summed E-state index contributed by atoms with van der Waals surface area (Å²) in [7, 11) is 6.77. The van der Waals surface area contributed by atoms with E-state index in [9.17, 15) is 72.7 Å². The fourth-order valence-electron chi connectivity index (χ4n) is 15.8. The molecule has 6 aromatic rings. The highest BCUT2D eigenvalue weighted by atomic mass is 32.5. The fraction of sp³-hybridized carbons (Fsp3) is 0.684. The Hall–Kier alpha value is -5.95. The Bertz CT molecular complexity index is 6220. The van der Waals surface area contributed by atoms with Crippen LogP contribution in [0.3, 0.4) is 0 Å². The molecule has 12 rings (SSSR count). The number of aryl methyl sites for hydroxylation is 6. The van der Waals surface area contributed by atoms with E-state index in [1.165, 1.54) is 95.0 Å². The highest BCUT2D eigenvalue weighted by molar-refractivity contribution is 8.08. The van der Waals surface area contributed by atoms with Crippen LogP contribution in [-0.4, -0.2) is 325 Å². The van der Waals surface area contributed by atoms with Crippen molar-refractivity contribution < 1.29 is 151 Å². The number of rotatable bonds is 52. The summed E-state index contributed by atoms with van der Waals surface area (Å²) in [6, 6.07) is 0. The molecule has 6 saturated heterocycles. The van der Waals surface area contributed by atoms with Crippen molar-refractivity contribution in [1.82, 2.24) is 57.3 Å². The maximum atomic E-state index is 14.2. The highest BCUT2D eigenvalue weighted by Gasteiger charge is 2.58. The number of H-pyrrole nitrogens is 3. The summed E-state index contributed by atoms with van der Waals surface area (Å²) in [4.78, 5) is 201. The molecule has 0 saturated carbocycles. The number of hydrogen-bond donors (Lipinski definition) is 12. The third-order valence-electron chi connectivity index (χ3n) is 23.0. The van der Waals surface area contributed by atoms with Crippen molar-refractivity contribution in [3.05, 3.63) is 165 Å². The van der Waals surface area contributed by atoms with Crippen molar-refractivity contribution in [2.75, 3.05) is 152 Å². The number of anilines is 3. The normalized spacial score (nSPS) is 29.4. The summed E-state index contributed by atoms with van der Waals surface area (Å²) in [6.07, 6.45) is -28.3. The SMILES string of the molecule is CC[C@H]1O[C@@H](n2cc(C)c(=O)[nH]c2=O)CC1OP(O)(=S)OC[C@H]1O[C@@H](n2cc(C)c(=O)[nH]c2=O)[C@@H](OCCOC)C1OP(O)(=S)OC[C@H]1O[C@@H](n2cc(C)c(N)nc2=O)[C@@H](OCCOC)C1OP(O)(=S)OC[C@H]1O[C@@H](n2cc(C)c(N)nc2=O)[C@@H](OCCOC)C1OP(O)(=S)OC[C@H]1O[C@@H](n2cc(C)c(=O)[nH]c2=O)[C@@H](OCCOC)C1OP(O)(=S)OC[C@H]1O[C@@H](n2cc(C)c(N)nc2=O)[C@@H](OCCOC)C1O. The van der Waals surface area contributed by atoms with Crippen LogP contribution in [0.1, 0.15) is 90.5 Å². The van der Waals surface area contributed by atoms with E-state index in [2.05, 4.69) is 29.9 Å². The van der Waals surface area contributed by atoms with Gasteiger partial charge in [0.25, 0.3) is 16.7 Å². The molecule has 142 heavy (non-hydrogen) atoms. The van der Waals surface area contributed by atoms with Gasteiger partial charge in [0.05, 0.1) is 111 Å². The molecule has 56 nitrogen and oxygen atoms in total. The molecule has 6 aliphatic heterocycles. The van der Waals surface area contributed by atoms with Gasteiger partial charge in [-0.25, -0.2) is 28.8 Å². The van der Waals surface area contributed by atoms with Crippen LogP contribution < -0.4 is 68.0 Å². The van der Waals surface area contributed by atoms with Crippen LogP contribution in [0.15, 0.2) is 80.3 Å². The molecule has 0 spiro atoms. The second-order valence-corrected chi connectivity index (χ2v) is 46.9. The number of hydrogen-bond acceptors (Lipinski definition) is 47. The number of ether oxygens (including phenoxy) is 16. The molecule has 6 fully saturated rings.